The van der Waals surface area contributed by atoms with E-state index in [0.29, 0.717) is 5.69 Å². The Morgan fingerprint density at radius 1 is 1.55 bits per heavy atom. The molecule has 0 aliphatic carbocycles. The molecule has 0 aliphatic rings. The average Bonchev–Trinajstić information content (AvgIpc) is 2.90. The van der Waals surface area contributed by atoms with Crippen LogP contribution in [0.5, 0.6) is 0 Å². The number of rotatable bonds is 5. The second-order valence-electron chi connectivity index (χ2n) is 4.03. The standard InChI is InChI=1S/C12H12N2O4S2/c1-2-5-14-9-3-6-19-11(9)8-10(14)12(15)13-4-7-20(16,17)18/h1,3,6,8H,4-5,7H2,(H,13,15)(H,16,17,18). The molecule has 6 nitrogen and oxygen atoms in total. The van der Waals surface area contributed by atoms with E-state index in [4.69, 9.17) is 11.0 Å². The molecule has 2 rings (SSSR count). The molecule has 0 radical (unpaired) electrons. The number of aromatic nitrogens is 1. The van der Waals surface area contributed by atoms with Crippen molar-refractivity contribution in [1.29, 1.82) is 0 Å². The summed E-state index contributed by atoms with van der Waals surface area (Å²) in [6, 6.07) is 3.58. The lowest BCUT2D eigenvalue weighted by Crippen LogP contribution is -2.30. The number of nitrogens with one attached hydrogen (secondary N) is 1. The van der Waals surface area contributed by atoms with Gasteiger partial charge in [0, 0.05) is 6.54 Å². The van der Waals surface area contributed by atoms with E-state index in [1.807, 2.05) is 11.4 Å². The van der Waals surface area contributed by atoms with Gasteiger partial charge in [-0.2, -0.15) is 8.42 Å². The number of thiophene rings is 1. The number of terminal acetylenes is 1. The van der Waals surface area contributed by atoms with Gasteiger partial charge in [0.2, 0.25) is 0 Å². The van der Waals surface area contributed by atoms with E-state index >= 15 is 0 Å². The predicted molar refractivity (Wildman–Crippen MR) is 77.4 cm³/mol. The molecule has 2 N–H and O–H groups in total. The Labute approximate surface area is 120 Å². The highest BCUT2D eigenvalue weighted by atomic mass is 32.2. The third-order valence-corrected chi connectivity index (χ3v) is 4.22. The molecule has 0 atom stereocenters. The summed E-state index contributed by atoms with van der Waals surface area (Å²) in [6.07, 6.45) is 5.29. The van der Waals surface area contributed by atoms with Crippen molar-refractivity contribution in [3.63, 3.8) is 0 Å². The Bertz CT molecular complexity index is 780. The van der Waals surface area contributed by atoms with Crippen LogP contribution in [-0.2, 0) is 16.7 Å². The second kappa shape index (κ2) is 5.66. The zero-order valence-electron chi connectivity index (χ0n) is 10.4. The van der Waals surface area contributed by atoms with Gasteiger partial charge in [-0.05, 0) is 17.5 Å². The van der Waals surface area contributed by atoms with Gasteiger partial charge in [-0.3, -0.25) is 9.35 Å². The van der Waals surface area contributed by atoms with Crippen LogP contribution < -0.4 is 5.32 Å². The highest BCUT2D eigenvalue weighted by molar-refractivity contribution is 7.85. The lowest BCUT2D eigenvalue weighted by atomic mass is 10.4. The molecule has 0 fully saturated rings. The van der Waals surface area contributed by atoms with Crippen molar-refractivity contribution in [2.75, 3.05) is 12.3 Å². The number of amides is 1. The maximum absolute atomic E-state index is 12.0. The normalized spacial score (nSPS) is 11.4. The van der Waals surface area contributed by atoms with Gasteiger partial charge in [-0.25, -0.2) is 0 Å². The molecule has 0 spiro atoms. The maximum atomic E-state index is 12.0. The number of nitrogens with zero attached hydrogens (tertiary/aromatic N) is 1. The molecular formula is C12H12N2O4S2. The predicted octanol–water partition coefficient (Wildman–Crippen LogP) is 0.954. The Hall–Kier alpha value is -1.82. The summed E-state index contributed by atoms with van der Waals surface area (Å²) in [5, 5.41) is 4.34. The van der Waals surface area contributed by atoms with E-state index < -0.39 is 21.8 Å². The van der Waals surface area contributed by atoms with Crippen LogP contribution in [0.2, 0.25) is 0 Å². The van der Waals surface area contributed by atoms with Gasteiger partial charge < -0.3 is 9.88 Å². The lowest BCUT2D eigenvalue weighted by Gasteiger charge is -2.07. The fourth-order valence-corrected chi connectivity index (χ4v) is 2.99. The third kappa shape index (κ3) is 3.19. The number of carbonyl (C=O) groups excluding carboxylic acids is 1. The van der Waals surface area contributed by atoms with Gasteiger partial charge in [0.25, 0.3) is 16.0 Å². The minimum absolute atomic E-state index is 0.160. The molecule has 0 saturated carbocycles. The molecule has 0 aromatic carbocycles. The first-order valence-electron chi connectivity index (χ1n) is 5.66. The van der Waals surface area contributed by atoms with Crippen LogP contribution in [0.15, 0.2) is 17.5 Å². The summed E-state index contributed by atoms with van der Waals surface area (Å²) in [5.74, 6) is 1.53. The zero-order valence-corrected chi connectivity index (χ0v) is 12.0. The lowest BCUT2D eigenvalue weighted by molar-refractivity contribution is 0.0948. The van der Waals surface area contributed by atoms with Crippen LogP contribution in [0.1, 0.15) is 10.5 Å². The van der Waals surface area contributed by atoms with Crippen LogP contribution in [0.25, 0.3) is 10.2 Å². The Balaban J connectivity index is 2.19. The first-order chi connectivity index (χ1) is 9.42. The molecule has 0 bridgehead atoms. The fraction of sp³-hybridized carbons (Fsp3) is 0.250. The number of hydrogen-bond acceptors (Lipinski definition) is 4. The minimum Gasteiger partial charge on any atom is -0.350 e. The molecule has 0 saturated heterocycles. The highest BCUT2D eigenvalue weighted by Crippen LogP contribution is 2.25. The van der Waals surface area contributed by atoms with Gasteiger partial charge in [0.1, 0.15) is 5.69 Å². The van der Waals surface area contributed by atoms with Crippen molar-refractivity contribution in [1.82, 2.24) is 9.88 Å². The van der Waals surface area contributed by atoms with Crippen molar-refractivity contribution < 1.29 is 17.8 Å². The van der Waals surface area contributed by atoms with Gasteiger partial charge in [-0.15, -0.1) is 17.8 Å². The first-order valence-corrected chi connectivity index (χ1v) is 8.15. The molecule has 0 unspecified atom stereocenters. The van der Waals surface area contributed by atoms with Crippen molar-refractivity contribution in [2.45, 2.75) is 6.54 Å². The van der Waals surface area contributed by atoms with Crippen molar-refractivity contribution in [3.05, 3.63) is 23.2 Å². The zero-order chi connectivity index (χ0) is 14.8. The topological polar surface area (TPSA) is 88.4 Å². The molecule has 106 valence electrons. The number of carbonyl (C=O) groups is 1. The van der Waals surface area contributed by atoms with E-state index in [2.05, 4.69) is 11.2 Å². The van der Waals surface area contributed by atoms with E-state index in [9.17, 15) is 13.2 Å². The van der Waals surface area contributed by atoms with Crippen LogP contribution in [-0.4, -0.2) is 35.7 Å². The van der Waals surface area contributed by atoms with Crippen LogP contribution in [0.4, 0.5) is 0 Å². The Morgan fingerprint density at radius 3 is 2.95 bits per heavy atom. The van der Waals surface area contributed by atoms with E-state index in [1.165, 1.54) is 11.3 Å². The van der Waals surface area contributed by atoms with Crippen LogP contribution >= 0.6 is 11.3 Å². The van der Waals surface area contributed by atoms with Gasteiger partial charge in [-0.1, -0.05) is 5.92 Å². The summed E-state index contributed by atoms with van der Waals surface area (Å²) in [7, 11) is -4.09. The molecule has 2 aromatic rings. The van der Waals surface area contributed by atoms with Crippen LogP contribution in [0.3, 0.4) is 0 Å². The minimum atomic E-state index is -4.09. The molecule has 20 heavy (non-hydrogen) atoms. The quantitative estimate of drug-likeness (QED) is 0.635. The Kier molecular flexibility index (Phi) is 4.13. The third-order valence-electron chi connectivity index (χ3n) is 2.65. The molecule has 8 heteroatoms. The fourth-order valence-electron chi connectivity index (χ4n) is 1.81. The van der Waals surface area contributed by atoms with Gasteiger partial charge >= 0.3 is 0 Å². The van der Waals surface area contributed by atoms with Gasteiger partial charge in [0.15, 0.2) is 0 Å². The number of fused-ring (bicyclic) bond motifs is 1. The largest absolute Gasteiger partial charge is 0.350 e. The second-order valence-corrected chi connectivity index (χ2v) is 6.55. The SMILES string of the molecule is C#CCn1c(C(=O)NCCS(=O)(=O)O)cc2sccc21. The molecule has 2 heterocycles. The van der Waals surface area contributed by atoms with E-state index in [0.717, 1.165) is 10.2 Å². The first kappa shape index (κ1) is 14.6. The summed E-state index contributed by atoms with van der Waals surface area (Å²) in [4.78, 5) is 12.0. The summed E-state index contributed by atoms with van der Waals surface area (Å²) < 4.78 is 32.4. The van der Waals surface area contributed by atoms with Crippen molar-refractivity contribution in [2.24, 2.45) is 0 Å². The molecular weight excluding hydrogens is 300 g/mol. The molecule has 0 aliphatic heterocycles. The summed E-state index contributed by atoms with van der Waals surface area (Å²) >= 11 is 1.49. The van der Waals surface area contributed by atoms with E-state index in [1.54, 1.807) is 10.6 Å². The van der Waals surface area contributed by atoms with Crippen molar-refractivity contribution in [3.8, 4) is 12.3 Å². The monoisotopic (exact) mass is 312 g/mol. The summed E-state index contributed by atoms with van der Waals surface area (Å²) in [5.41, 5.74) is 1.24. The smallest absolute Gasteiger partial charge is 0.268 e. The molecule has 2 aromatic heterocycles. The average molecular weight is 312 g/mol. The van der Waals surface area contributed by atoms with Gasteiger partial charge in [0.05, 0.1) is 22.5 Å². The maximum Gasteiger partial charge on any atom is 0.268 e. The molecule has 1 amide bonds. The van der Waals surface area contributed by atoms with E-state index in [-0.39, 0.29) is 13.1 Å². The Morgan fingerprint density at radius 2 is 2.30 bits per heavy atom. The van der Waals surface area contributed by atoms with Crippen molar-refractivity contribution >= 4 is 37.6 Å². The highest BCUT2D eigenvalue weighted by Gasteiger charge is 2.16. The number of hydrogen-bond donors (Lipinski definition) is 2. The van der Waals surface area contributed by atoms with Crippen LogP contribution in [0, 0.1) is 12.3 Å². The summed E-state index contributed by atoms with van der Waals surface area (Å²) in [6.45, 7) is 0.0911.